The average molecular weight is 282 g/mol. The van der Waals surface area contributed by atoms with Crippen molar-refractivity contribution in [2.75, 3.05) is 13.2 Å². The number of hydrogen-bond donors (Lipinski definition) is 1. The zero-order chi connectivity index (χ0) is 14.3. The van der Waals surface area contributed by atoms with Crippen molar-refractivity contribution in [2.24, 2.45) is 5.92 Å². The van der Waals surface area contributed by atoms with E-state index in [2.05, 4.69) is 4.98 Å². The van der Waals surface area contributed by atoms with E-state index >= 15 is 0 Å². The van der Waals surface area contributed by atoms with Gasteiger partial charge in [0, 0.05) is 0 Å². The van der Waals surface area contributed by atoms with Gasteiger partial charge in [0.25, 0.3) is 0 Å². The van der Waals surface area contributed by atoms with Crippen LogP contribution in [0.5, 0.6) is 0 Å². The molecule has 0 saturated carbocycles. The van der Waals surface area contributed by atoms with E-state index < -0.39 is 24.4 Å². The third-order valence-electron chi connectivity index (χ3n) is 3.60. The molecule has 0 amide bonds. The number of hydrogen-bond acceptors (Lipinski definition) is 3. The molecule has 1 aliphatic rings. The summed E-state index contributed by atoms with van der Waals surface area (Å²) in [6, 6.07) is 3.94. The van der Waals surface area contributed by atoms with Crippen LogP contribution in [0, 0.1) is 5.92 Å². The minimum absolute atomic E-state index is 0.000623. The number of carboxylic acids is 1. The number of fused-ring (bicyclic) bond motifs is 1. The van der Waals surface area contributed by atoms with Crippen LogP contribution in [-0.4, -0.2) is 40.3 Å². The second-order valence-electron chi connectivity index (χ2n) is 4.76. The number of halogens is 2. The predicted octanol–water partition coefficient (Wildman–Crippen LogP) is 2.19. The van der Waals surface area contributed by atoms with Crippen LogP contribution in [0.1, 0.15) is 16.4 Å². The Morgan fingerprint density at radius 3 is 2.95 bits per heavy atom. The number of aromatic nitrogens is 2. The normalized spacial score (nSPS) is 22.8. The molecule has 5 nitrogen and oxygen atoms in total. The monoisotopic (exact) mass is 282 g/mol. The molecule has 2 aromatic rings. The highest BCUT2D eigenvalue weighted by molar-refractivity contribution is 5.92. The molecule has 20 heavy (non-hydrogen) atoms. The molecule has 2 heterocycles. The van der Waals surface area contributed by atoms with Gasteiger partial charge in [-0.25, -0.2) is 18.6 Å². The van der Waals surface area contributed by atoms with E-state index in [-0.39, 0.29) is 18.8 Å². The fourth-order valence-electron chi connectivity index (χ4n) is 2.51. The third-order valence-corrected chi connectivity index (χ3v) is 3.60. The minimum atomic E-state index is -2.48. The molecule has 1 aromatic heterocycles. The molecular weight excluding hydrogens is 270 g/mol. The largest absolute Gasteiger partial charge is 0.478 e. The van der Waals surface area contributed by atoms with E-state index in [1.807, 2.05) is 0 Å². The van der Waals surface area contributed by atoms with E-state index in [1.165, 1.54) is 18.5 Å². The summed E-state index contributed by atoms with van der Waals surface area (Å²) in [6.07, 6.45) is -1.02. The highest BCUT2D eigenvalue weighted by Gasteiger charge is 2.37. The Morgan fingerprint density at radius 1 is 1.45 bits per heavy atom. The Bertz CT molecular complexity index is 656. The van der Waals surface area contributed by atoms with Crippen molar-refractivity contribution < 1.29 is 23.4 Å². The van der Waals surface area contributed by atoms with E-state index in [1.54, 1.807) is 10.6 Å². The quantitative estimate of drug-likeness (QED) is 0.937. The summed E-state index contributed by atoms with van der Waals surface area (Å²) in [7, 11) is 0. The molecule has 2 atom stereocenters. The van der Waals surface area contributed by atoms with Crippen molar-refractivity contribution in [1.82, 2.24) is 9.55 Å². The number of imidazole rings is 1. The molecular formula is C13H12F2N2O3. The van der Waals surface area contributed by atoms with Crippen LogP contribution in [0.3, 0.4) is 0 Å². The Morgan fingerprint density at radius 2 is 2.25 bits per heavy atom. The van der Waals surface area contributed by atoms with Crippen molar-refractivity contribution in [2.45, 2.75) is 12.5 Å². The first-order valence-corrected chi connectivity index (χ1v) is 6.13. The Kier molecular flexibility index (Phi) is 3.13. The van der Waals surface area contributed by atoms with Crippen molar-refractivity contribution in [3.8, 4) is 0 Å². The average Bonchev–Trinajstić information content (AvgIpc) is 3.03. The molecule has 1 aromatic carbocycles. The van der Waals surface area contributed by atoms with Gasteiger partial charge in [-0.15, -0.1) is 0 Å². The third kappa shape index (κ3) is 2.03. The second kappa shape index (κ2) is 4.82. The summed E-state index contributed by atoms with van der Waals surface area (Å²) in [5, 5.41) is 9.00. The standard InChI is InChI=1S/C13H12F2N2O3/c14-12(15)8-4-20-5-11(8)17-6-16-9-2-1-7(13(18)19)3-10(9)17/h1-3,6,8,11-12H,4-5H2,(H,18,19)/t8-,11+/m1/s1. The molecule has 1 N–H and O–H groups in total. The summed E-state index contributed by atoms with van der Waals surface area (Å²) >= 11 is 0. The number of ether oxygens (including phenoxy) is 1. The van der Waals surface area contributed by atoms with Crippen LogP contribution in [0.2, 0.25) is 0 Å². The topological polar surface area (TPSA) is 64.3 Å². The van der Waals surface area contributed by atoms with Crippen molar-refractivity contribution in [1.29, 1.82) is 0 Å². The highest BCUT2D eigenvalue weighted by Crippen LogP contribution is 2.33. The van der Waals surface area contributed by atoms with Gasteiger partial charge in [0.2, 0.25) is 6.43 Å². The molecule has 1 fully saturated rings. The lowest BCUT2D eigenvalue weighted by Crippen LogP contribution is -2.23. The number of carboxylic acid groups (broad SMARTS) is 1. The van der Waals surface area contributed by atoms with E-state index in [4.69, 9.17) is 9.84 Å². The second-order valence-corrected chi connectivity index (χ2v) is 4.76. The lowest BCUT2D eigenvalue weighted by Gasteiger charge is -2.19. The van der Waals surface area contributed by atoms with Crippen LogP contribution in [0.4, 0.5) is 8.78 Å². The molecule has 106 valence electrons. The fourth-order valence-corrected chi connectivity index (χ4v) is 2.51. The predicted molar refractivity (Wildman–Crippen MR) is 66.0 cm³/mol. The van der Waals surface area contributed by atoms with Crippen molar-refractivity contribution in [3.05, 3.63) is 30.1 Å². The Balaban J connectivity index is 2.07. The van der Waals surface area contributed by atoms with Gasteiger partial charge in [0.15, 0.2) is 0 Å². The van der Waals surface area contributed by atoms with E-state index in [9.17, 15) is 13.6 Å². The van der Waals surface area contributed by atoms with Gasteiger partial charge in [-0.3, -0.25) is 0 Å². The van der Waals surface area contributed by atoms with Crippen LogP contribution in [-0.2, 0) is 4.74 Å². The number of alkyl halides is 2. The molecule has 0 radical (unpaired) electrons. The number of benzene rings is 1. The molecule has 0 spiro atoms. The van der Waals surface area contributed by atoms with Crippen molar-refractivity contribution >= 4 is 17.0 Å². The van der Waals surface area contributed by atoms with Gasteiger partial charge in [-0.05, 0) is 18.2 Å². The zero-order valence-corrected chi connectivity index (χ0v) is 10.4. The van der Waals surface area contributed by atoms with Gasteiger partial charge < -0.3 is 14.4 Å². The molecule has 0 bridgehead atoms. The number of aromatic carboxylic acids is 1. The Labute approximate surface area is 112 Å². The van der Waals surface area contributed by atoms with E-state index in [0.717, 1.165) is 0 Å². The van der Waals surface area contributed by atoms with Crippen LogP contribution in [0.25, 0.3) is 11.0 Å². The van der Waals surface area contributed by atoms with Gasteiger partial charge in [-0.1, -0.05) is 0 Å². The summed E-state index contributed by atoms with van der Waals surface area (Å²) in [4.78, 5) is 15.1. The summed E-state index contributed by atoms with van der Waals surface area (Å²) in [5.41, 5.74) is 1.22. The summed E-state index contributed by atoms with van der Waals surface area (Å²) < 4.78 is 32.7. The molecule has 0 unspecified atom stereocenters. The van der Waals surface area contributed by atoms with Gasteiger partial charge in [-0.2, -0.15) is 0 Å². The van der Waals surface area contributed by atoms with Crippen LogP contribution in [0.15, 0.2) is 24.5 Å². The van der Waals surface area contributed by atoms with Gasteiger partial charge in [0.05, 0.1) is 48.1 Å². The highest BCUT2D eigenvalue weighted by atomic mass is 19.3. The maximum absolute atomic E-state index is 13.0. The molecule has 1 saturated heterocycles. The SMILES string of the molecule is O=C(O)c1ccc2ncn([C@H]3COC[C@H]3C(F)F)c2c1. The number of rotatable bonds is 3. The van der Waals surface area contributed by atoms with Gasteiger partial charge >= 0.3 is 5.97 Å². The van der Waals surface area contributed by atoms with Gasteiger partial charge in [0.1, 0.15) is 0 Å². The fraction of sp³-hybridized carbons (Fsp3) is 0.385. The molecule has 3 rings (SSSR count). The van der Waals surface area contributed by atoms with Crippen LogP contribution < -0.4 is 0 Å². The summed E-state index contributed by atoms with van der Waals surface area (Å²) in [5.74, 6) is -1.96. The lowest BCUT2D eigenvalue weighted by molar-refractivity contribution is 0.0558. The number of nitrogens with zero attached hydrogens (tertiary/aromatic N) is 2. The zero-order valence-electron chi connectivity index (χ0n) is 10.4. The first kappa shape index (κ1) is 13.0. The maximum Gasteiger partial charge on any atom is 0.335 e. The maximum atomic E-state index is 13.0. The minimum Gasteiger partial charge on any atom is -0.478 e. The first-order valence-electron chi connectivity index (χ1n) is 6.13. The smallest absolute Gasteiger partial charge is 0.335 e. The molecule has 1 aliphatic heterocycles. The number of carbonyl (C=O) groups is 1. The lowest BCUT2D eigenvalue weighted by atomic mass is 10.0. The van der Waals surface area contributed by atoms with Crippen molar-refractivity contribution in [3.63, 3.8) is 0 Å². The molecule has 0 aliphatic carbocycles. The molecule has 7 heteroatoms. The summed E-state index contributed by atoms with van der Waals surface area (Å²) in [6.45, 7) is 0.179. The van der Waals surface area contributed by atoms with Crippen LogP contribution >= 0.6 is 0 Å². The first-order chi connectivity index (χ1) is 9.58. The van der Waals surface area contributed by atoms with E-state index in [0.29, 0.717) is 11.0 Å². The Hall–Kier alpha value is -2.02.